The number of allylic oxidation sites excluding steroid dienone is 2. The van der Waals surface area contributed by atoms with Crippen LogP contribution in [0, 0.1) is 29.1 Å². The van der Waals surface area contributed by atoms with Crippen LogP contribution in [0.4, 0.5) is 0 Å². The maximum atomic E-state index is 13.6. The van der Waals surface area contributed by atoms with Crippen LogP contribution in [0.5, 0.6) is 11.5 Å². The molecule has 1 atom stereocenters. The van der Waals surface area contributed by atoms with Crippen molar-refractivity contribution in [3.8, 4) is 17.6 Å². The molecule has 4 heteroatoms. The van der Waals surface area contributed by atoms with E-state index in [1.807, 2.05) is 25.1 Å². The zero-order valence-corrected chi connectivity index (χ0v) is 18.2. The van der Waals surface area contributed by atoms with Crippen LogP contribution >= 0.6 is 0 Å². The van der Waals surface area contributed by atoms with Crippen molar-refractivity contribution in [3.63, 3.8) is 0 Å². The summed E-state index contributed by atoms with van der Waals surface area (Å²) in [5.74, 6) is 2.27. The monoisotopic (exact) mass is 415 g/mol. The second kappa shape index (κ2) is 8.98. The van der Waals surface area contributed by atoms with E-state index < -0.39 is 0 Å². The van der Waals surface area contributed by atoms with Crippen LogP contribution in [0.3, 0.4) is 0 Å². The van der Waals surface area contributed by atoms with Crippen LogP contribution in [0.25, 0.3) is 5.57 Å². The van der Waals surface area contributed by atoms with Crippen LogP contribution in [-0.2, 0) is 11.2 Å². The molecule has 2 aromatic carbocycles. The molecular weight excluding hydrogens is 386 g/mol. The second-order valence-corrected chi connectivity index (χ2v) is 8.87. The molecule has 1 unspecified atom stereocenters. The predicted molar refractivity (Wildman–Crippen MR) is 121 cm³/mol. The molecule has 0 saturated heterocycles. The number of aliphatic hydroxyl groups is 1. The summed E-state index contributed by atoms with van der Waals surface area (Å²) in [6, 6.07) is 14.8. The van der Waals surface area contributed by atoms with Gasteiger partial charge in [-0.1, -0.05) is 19.9 Å². The first-order chi connectivity index (χ1) is 15.0. The average molecular weight is 416 g/mol. The molecule has 1 saturated carbocycles. The van der Waals surface area contributed by atoms with E-state index in [1.165, 1.54) is 0 Å². The van der Waals surface area contributed by atoms with Gasteiger partial charge in [0.05, 0.1) is 17.2 Å². The van der Waals surface area contributed by atoms with Gasteiger partial charge < -0.3 is 9.84 Å². The molecule has 0 spiro atoms. The summed E-state index contributed by atoms with van der Waals surface area (Å²) in [5, 5.41) is 20.1. The number of ketones is 1. The van der Waals surface area contributed by atoms with Crippen molar-refractivity contribution in [3.05, 3.63) is 64.9 Å². The molecule has 0 amide bonds. The van der Waals surface area contributed by atoms with Crippen LogP contribution < -0.4 is 4.74 Å². The van der Waals surface area contributed by atoms with Gasteiger partial charge in [0.2, 0.25) is 0 Å². The van der Waals surface area contributed by atoms with Crippen molar-refractivity contribution < 1.29 is 14.6 Å². The Morgan fingerprint density at radius 2 is 1.74 bits per heavy atom. The zero-order valence-electron chi connectivity index (χ0n) is 18.2. The number of fused-ring (bicyclic) bond motifs is 5. The fourth-order valence-electron chi connectivity index (χ4n) is 5.03. The average Bonchev–Trinajstić information content (AvgIpc) is 2.86. The first-order valence-electron chi connectivity index (χ1n) is 11.3. The Kier molecular flexibility index (Phi) is 6.13. The number of Topliss-reactive ketones (excluding diaryl/α,β-unsaturated/α-hetero) is 1. The fraction of sp³-hybridized carbons (Fsp3) is 0.407. The lowest BCUT2D eigenvalue weighted by Gasteiger charge is -2.29. The number of rotatable bonds is 4. The molecule has 160 valence electrons. The summed E-state index contributed by atoms with van der Waals surface area (Å²) in [6.07, 6.45) is 5.65. The third kappa shape index (κ3) is 4.37. The van der Waals surface area contributed by atoms with Gasteiger partial charge >= 0.3 is 0 Å². The largest absolute Gasteiger partial charge is 0.512 e. The SMILES string of the molecule is CCc1ccc(Oc2ccc(C#N)cc2)cc1/C1=C(\O)CC2CCC(CC2)C(C)C1=O. The molecular formula is C27H29NO3. The molecule has 4 nitrogen and oxygen atoms in total. The van der Waals surface area contributed by atoms with E-state index in [0.29, 0.717) is 40.9 Å². The third-order valence-corrected chi connectivity index (χ3v) is 6.98. The number of benzene rings is 2. The Labute approximate surface area is 184 Å². The number of nitrogens with zero attached hydrogens (tertiary/aromatic N) is 1. The minimum atomic E-state index is -0.0935. The van der Waals surface area contributed by atoms with Gasteiger partial charge in [0, 0.05) is 12.3 Å². The zero-order chi connectivity index (χ0) is 22.0. The van der Waals surface area contributed by atoms with Crippen LogP contribution in [0.15, 0.2) is 48.2 Å². The summed E-state index contributed by atoms with van der Waals surface area (Å²) in [4.78, 5) is 13.6. The molecule has 5 rings (SSSR count). The predicted octanol–water partition coefficient (Wildman–Crippen LogP) is 6.60. The molecule has 0 heterocycles. The first kappa shape index (κ1) is 21.2. The molecule has 0 radical (unpaired) electrons. The van der Waals surface area contributed by atoms with Gasteiger partial charge in [0.25, 0.3) is 0 Å². The maximum Gasteiger partial charge on any atom is 0.169 e. The fourth-order valence-corrected chi connectivity index (χ4v) is 5.03. The lowest BCUT2D eigenvalue weighted by molar-refractivity contribution is -0.118. The standard InChI is InChI=1S/C27H29NO3/c1-3-20-10-13-23(31-22-11-6-19(16-28)7-12-22)15-24(20)26-25(29)14-18-4-8-21(9-5-18)17(2)27(26)30/h6-7,10-13,15,17-18,21,29H,3-5,8-9,14H2,1-2H3/b26-25+. The first-order valence-corrected chi connectivity index (χ1v) is 11.3. The van der Waals surface area contributed by atoms with Gasteiger partial charge in [-0.25, -0.2) is 0 Å². The summed E-state index contributed by atoms with van der Waals surface area (Å²) in [5.41, 5.74) is 2.86. The van der Waals surface area contributed by atoms with Crippen molar-refractivity contribution in [2.24, 2.45) is 17.8 Å². The number of aryl methyl sites for hydroxylation is 1. The number of aliphatic hydroxyl groups excluding tert-OH is 1. The molecule has 3 aliphatic carbocycles. The molecule has 2 bridgehead atoms. The van der Waals surface area contributed by atoms with Gasteiger partial charge in [0.15, 0.2) is 5.78 Å². The minimum absolute atomic E-state index is 0.0512. The van der Waals surface area contributed by atoms with Gasteiger partial charge in [-0.3, -0.25) is 4.79 Å². The van der Waals surface area contributed by atoms with Crippen molar-refractivity contribution >= 4 is 11.4 Å². The highest BCUT2D eigenvalue weighted by molar-refractivity contribution is 6.22. The van der Waals surface area contributed by atoms with Gasteiger partial charge in [-0.05, 0) is 91.5 Å². The highest BCUT2D eigenvalue weighted by Gasteiger charge is 2.35. The van der Waals surface area contributed by atoms with Gasteiger partial charge in [0.1, 0.15) is 17.3 Å². The number of carbonyl (C=O) groups is 1. The highest BCUT2D eigenvalue weighted by Crippen LogP contribution is 2.42. The number of ether oxygens (including phenoxy) is 1. The number of hydrogen-bond donors (Lipinski definition) is 1. The van der Waals surface area contributed by atoms with E-state index in [1.54, 1.807) is 24.3 Å². The summed E-state index contributed by atoms with van der Waals surface area (Å²) in [6.45, 7) is 4.08. The quantitative estimate of drug-likeness (QED) is 0.611. The van der Waals surface area contributed by atoms with Crippen molar-refractivity contribution in [1.29, 1.82) is 5.26 Å². The smallest absolute Gasteiger partial charge is 0.169 e. The molecule has 0 aromatic heterocycles. The maximum absolute atomic E-state index is 13.6. The molecule has 1 N–H and O–H groups in total. The molecule has 31 heavy (non-hydrogen) atoms. The Bertz CT molecular complexity index is 1040. The van der Waals surface area contributed by atoms with E-state index in [-0.39, 0.29) is 17.5 Å². The van der Waals surface area contributed by atoms with Crippen molar-refractivity contribution in [2.45, 2.75) is 52.4 Å². The Balaban J connectivity index is 1.74. The molecule has 0 aliphatic heterocycles. The van der Waals surface area contributed by atoms with E-state index in [2.05, 4.69) is 13.0 Å². The highest BCUT2D eigenvalue weighted by atomic mass is 16.5. The van der Waals surface area contributed by atoms with E-state index in [9.17, 15) is 9.90 Å². The second-order valence-electron chi connectivity index (χ2n) is 8.87. The van der Waals surface area contributed by atoms with E-state index >= 15 is 0 Å². The Morgan fingerprint density at radius 1 is 1.06 bits per heavy atom. The number of nitriles is 1. The van der Waals surface area contributed by atoms with Gasteiger partial charge in [-0.2, -0.15) is 5.26 Å². The van der Waals surface area contributed by atoms with Crippen LogP contribution in [0.1, 0.15) is 62.6 Å². The lowest BCUT2D eigenvalue weighted by atomic mass is 9.75. The summed E-state index contributed by atoms with van der Waals surface area (Å²) >= 11 is 0. The summed E-state index contributed by atoms with van der Waals surface area (Å²) in [7, 11) is 0. The minimum Gasteiger partial charge on any atom is -0.512 e. The number of carbonyl (C=O) groups excluding carboxylic acids is 1. The Morgan fingerprint density at radius 3 is 2.39 bits per heavy atom. The van der Waals surface area contributed by atoms with Crippen molar-refractivity contribution in [1.82, 2.24) is 0 Å². The van der Waals surface area contributed by atoms with E-state index in [0.717, 1.165) is 43.2 Å². The lowest BCUT2D eigenvalue weighted by Crippen LogP contribution is -2.25. The van der Waals surface area contributed by atoms with Gasteiger partial charge in [-0.15, -0.1) is 0 Å². The molecule has 1 fully saturated rings. The summed E-state index contributed by atoms with van der Waals surface area (Å²) < 4.78 is 6.02. The topological polar surface area (TPSA) is 70.3 Å². The van der Waals surface area contributed by atoms with Crippen LogP contribution in [-0.4, -0.2) is 10.9 Å². The molecule has 2 aromatic rings. The normalized spacial score (nSPS) is 26.0. The Hall–Kier alpha value is -3.06. The molecule has 3 aliphatic rings. The van der Waals surface area contributed by atoms with Crippen LogP contribution in [0.2, 0.25) is 0 Å². The number of hydrogen-bond acceptors (Lipinski definition) is 4. The third-order valence-electron chi connectivity index (χ3n) is 6.98. The van der Waals surface area contributed by atoms with E-state index in [4.69, 9.17) is 10.00 Å². The van der Waals surface area contributed by atoms with Crippen molar-refractivity contribution in [2.75, 3.05) is 0 Å².